The minimum atomic E-state index is -1.44. The molecule has 3 aliphatic carbocycles. The van der Waals surface area contributed by atoms with Gasteiger partial charge in [0.25, 0.3) is 0 Å². The van der Waals surface area contributed by atoms with Crippen LogP contribution in [0, 0.1) is 39.9 Å². The number of Topliss-reactive ketones (excluding diaryl/α,β-unsaturated/α-hetero) is 1. The second-order valence-corrected chi connectivity index (χ2v) is 13.6. The average Bonchev–Trinajstić information content (AvgIpc) is 3.46. The summed E-state index contributed by atoms with van der Waals surface area (Å²) in [5.41, 5.74) is -0.979. The first kappa shape index (κ1) is 30.8. The molecule has 2 heterocycles. The molecule has 1 aliphatic heterocycles. The van der Waals surface area contributed by atoms with Crippen LogP contribution in [0.2, 0.25) is 0 Å². The fourth-order valence-corrected chi connectivity index (χ4v) is 8.83. The standard InChI is InChI=1S/C33H40O10/c1-16(2)29(37)43-28-20-13-19-21(9-11-32(6)22(19)14-23(35)42-27(32)18-10-12-40-15-18)33(7,26(20)36)25(31(28,4)5)24(30(38)39-8)41-17(3)34/h10,12-13,15,20-22,24-25,27-28H,1,9,11,14H2,2-8H3/t20-,21+,22+,24?,25+,27+,28-,32-,33-/m1/s1. The number of methoxy groups -OCH3 is 1. The topological polar surface area (TPSA) is 135 Å². The Morgan fingerprint density at radius 3 is 2.37 bits per heavy atom. The van der Waals surface area contributed by atoms with Crippen LogP contribution in [0.5, 0.6) is 0 Å². The molecule has 0 spiro atoms. The molecule has 0 radical (unpaired) electrons. The van der Waals surface area contributed by atoms with Crippen LogP contribution in [0.15, 0.2) is 46.8 Å². The number of allylic oxidation sites excluding steroid dienone is 1. The largest absolute Gasteiger partial charge is 0.472 e. The lowest BCUT2D eigenvalue weighted by Crippen LogP contribution is -2.69. The molecule has 4 aliphatic rings. The summed E-state index contributed by atoms with van der Waals surface area (Å²) in [4.78, 5) is 66.4. The highest BCUT2D eigenvalue weighted by atomic mass is 16.6. The Labute approximate surface area is 251 Å². The van der Waals surface area contributed by atoms with Gasteiger partial charge in [-0.05, 0) is 37.7 Å². The summed E-state index contributed by atoms with van der Waals surface area (Å²) >= 11 is 0. The summed E-state index contributed by atoms with van der Waals surface area (Å²) in [6.07, 6.45) is 3.28. The Bertz CT molecular complexity index is 1400. The van der Waals surface area contributed by atoms with Crippen molar-refractivity contribution < 1.29 is 47.3 Å². The van der Waals surface area contributed by atoms with Crippen LogP contribution in [0.25, 0.3) is 0 Å². The SMILES string of the molecule is C=C(C)C(=O)O[C@@H]1[C@@H]2C=C3[C@@H]4CC(=O)O[C@@H](c5ccoc5)[C@]4(C)CC[C@@H]3[C@@](C)(C2=O)[C@@H](C(OC(C)=O)C(=O)OC)C1(C)C. The molecule has 43 heavy (non-hydrogen) atoms. The van der Waals surface area contributed by atoms with Gasteiger partial charge in [0.05, 0.1) is 32.0 Å². The number of furan rings is 1. The van der Waals surface area contributed by atoms with Crippen molar-refractivity contribution in [2.24, 2.45) is 39.9 Å². The van der Waals surface area contributed by atoms with Gasteiger partial charge >= 0.3 is 23.9 Å². The van der Waals surface area contributed by atoms with Gasteiger partial charge in [0.2, 0.25) is 6.10 Å². The van der Waals surface area contributed by atoms with Crippen molar-refractivity contribution in [3.63, 3.8) is 0 Å². The summed E-state index contributed by atoms with van der Waals surface area (Å²) in [6, 6.07) is 1.79. The molecule has 1 aromatic rings. The highest BCUT2D eigenvalue weighted by molar-refractivity contribution is 5.95. The lowest BCUT2D eigenvalue weighted by molar-refractivity contribution is -0.214. The monoisotopic (exact) mass is 596 g/mol. The molecule has 0 amide bonds. The Kier molecular flexibility index (Phi) is 7.50. The van der Waals surface area contributed by atoms with Gasteiger partial charge in [-0.3, -0.25) is 14.4 Å². The number of rotatable bonds is 6. The highest BCUT2D eigenvalue weighted by Crippen LogP contribution is 2.68. The summed E-state index contributed by atoms with van der Waals surface area (Å²) in [5.74, 6) is -5.23. The van der Waals surface area contributed by atoms with E-state index in [-0.39, 0.29) is 35.6 Å². The van der Waals surface area contributed by atoms with Gasteiger partial charge in [0, 0.05) is 40.2 Å². The van der Waals surface area contributed by atoms with Gasteiger partial charge in [-0.25, -0.2) is 9.59 Å². The van der Waals surface area contributed by atoms with Crippen LogP contribution in [-0.2, 0) is 42.9 Å². The van der Waals surface area contributed by atoms with Crippen LogP contribution in [0.4, 0.5) is 0 Å². The van der Waals surface area contributed by atoms with E-state index in [4.69, 9.17) is 23.4 Å². The second-order valence-electron chi connectivity index (χ2n) is 13.6. The zero-order chi connectivity index (χ0) is 31.6. The van der Waals surface area contributed by atoms with Gasteiger partial charge in [-0.1, -0.05) is 45.9 Å². The number of fused-ring (bicyclic) bond motifs is 6. The van der Waals surface area contributed by atoms with E-state index in [0.29, 0.717) is 12.8 Å². The van der Waals surface area contributed by atoms with E-state index >= 15 is 0 Å². The number of hydrogen-bond donors (Lipinski definition) is 0. The van der Waals surface area contributed by atoms with E-state index in [0.717, 1.165) is 11.1 Å². The molecule has 9 atom stereocenters. The molecule has 1 saturated heterocycles. The molecule has 5 rings (SSSR count). The van der Waals surface area contributed by atoms with Crippen molar-refractivity contribution in [1.82, 2.24) is 0 Å². The maximum absolute atomic E-state index is 14.6. The van der Waals surface area contributed by atoms with E-state index < -0.39 is 64.3 Å². The predicted octanol–water partition coefficient (Wildman–Crippen LogP) is 4.68. The van der Waals surface area contributed by atoms with Crippen LogP contribution >= 0.6 is 0 Å². The third-order valence-corrected chi connectivity index (χ3v) is 10.7. The molecule has 0 N–H and O–H groups in total. The lowest BCUT2D eigenvalue weighted by Gasteiger charge is -2.64. The zero-order valence-electron chi connectivity index (χ0n) is 25.8. The van der Waals surface area contributed by atoms with Gasteiger partial charge in [-0.15, -0.1) is 0 Å². The van der Waals surface area contributed by atoms with Gasteiger partial charge in [-0.2, -0.15) is 0 Å². The van der Waals surface area contributed by atoms with Crippen LogP contribution < -0.4 is 0 Å². The van der Waals surface area contributed by atoms with Crippen LogP contribution in [0.3, 0.4) is 0 Å². The maximum Gasteiger partial charge on any atom is 0.347 e. The highest BCUT2D eigenvalue weighted by Gasteiger charge is 2.71. The molecule has 1 aromatic heterocycles. The Hall–Kier alpha value is -3.69. The van der Waals surface area contributed by atoms with Gasteiger partial charge < -0.3 is 23.4 Å². The number of carbonyl (C=O) groups is 5. The molecule has 3 fully saturated rings. The maximum atomic E-state index is 14.6. The molecule has 2 bridgehead atoms. The Morgan fingerprint density at radius 1 is 1.09 bits per heavy atom. The first-order chi connectivity index (χ1) is 20.1. The molecule has 2 saturated carbocycles. The molecular formula is C33H40O10. The van der Waals surface area contributed by atoms with E-state index in [2.05, 4.69) is 13.5 Å². The smallest absolute Gasteiger partial charge is 0.347 e. The van der Waals surface area contributed by atoms with E-state index in [9.17, 15) is 24.0 Å². The second kappa shape index (κ2) is 10.5. The molecule has 10 nitrogen and oxygen atoms in total. The summed E-state index contributed by atoms with van der Waals surface area (Å²) in [5, 5.41) is 0. The van der Waals surface area contributed by atoms with Crippen LogP contribution in [0.1, 0.15) is 72.5 Å². The first-order valence-electron chi connectivity index (χ1n) is 14.7. The third kappa shape index (κ3) is 4.55. The number of cyclic esters (lactones) is 1. The Morgan fingerprint density at radius 2 is 1.79 bits per heavy atom. The quantitative estimate of drug-likeness (QED) is 0.197. The van der Waals surface area contributed by atoms with Crippen molar-refractivity contribution in [2.45, 2.75) is 79.1 Å². The minimum Gasteiger partial charge on any atom is -0.472 e. The number of hydrogen-bond acceptors (Lipinski definition) is 10. The minimum absolute atomic E-state index is 0.110. The van der Waals surface area contributed by atoms with Crippen molar-refractivity contribution in [3.8, 4) is 0 Å². The summed E-state index contributed by atoms with van der Waals surface area (Å²) in [6.45, 7) is 14.0. The van der Waals surface area contributed by atoms with E-state index in [1.165, 1.54) is 21.0 Å². The fourth-order valence-electron chi connectivity index (χ4n) is 8.83. The zero-order valence-corrected chi connectivity index (χ0v) is 25.8. The molecular weight excluding hydrogens is 556 g/mol. The average molecular weight is 597 g/mol. The number of ether oxygens (including phenoxy) is 4. The summed E-state index contributed by atoms with van der Waals surface area (Å²) < 4.78 is 28.0. The van der Waals surface area contributed by atoms with Gasteiger partial charge in [0.15, 0.2) is 0 Å². The van der Waals surface area contributed by atoms with Crippen LogP contribution in [-0.4, -0.2) is 49.0 Å². The molecule has 0 aromatic carbocycles. The Balaban J connectivity index is 1.72. The van der Waals surface area contributed by atoms with E-state index in [1.54, 1.807) is 18.6 Å². The number of carbonyl (C=O) groups excluding carboxylic acids is 5. The lowest BCUT2D eigenvalue weighted by atomic mass is 9.40. The molecule has 232 valence electrons. The van der Waals surface area contributed by atoms with Crippen molar-refractivity contribution >= 4 is 29.7 Å². The first-order valence-corrected chi connectivity index (χ1v) is 14.7. The fraction of sp³-hybridized carbons (Fsp3) is 0.606. The van der Waals surface area contributed by atoms with Crippen molar-refractivity contribution in [2.75, 3.05) is 7.11 Å². The molecule has 10 heteroatoms. The number of esters is 4. The summed E-state index contributed by atoms with van der Waals surface area (Å²) in [7, 11) is 1.20. The third-order valence-electron chi connectivity index (χ3n) is 10.7. The molecule has 1 unspecified atom stereocenters. The van der Waals surface area contributed by atoms with Crippen molar-refractivity contribution in [1.29, 1.82) is 0 Å². The van der Waals surface area contributed by atoms with E-state index in [1.807, 2.05) is 26.8 Å². The van der Waals surface area contributed by atoms with Crippen molar-refractivity contribution in [3.05, 3.63) is 48.0 Å². The predicted molar refractivity (Wildman–Crippen MR) is 151 cm³/mol. The number of ketones is 1. The normalized spacial score (nSPS) is 36.6. The van der Waals surface area contributed by atoms with Gasteiger partial charge in [0.1, 0.15) is 18.0 Å².